The monoisotopic (exact) mass is 486 g/mol. The van der Waals surface area contributed by atoms with Crippen molar-refractivity contribution in [1.29, 1.82) is 0 Å². The van der Waals surface area contributed by atoms with E-state index in [0.29, 0.717) is 23.4 Å². The number of aromatic nitrogens is 2. The van der Waals surface area contributed by atoms with Crippen LogP contribution in [0.25, 0.3) is 22.3 Å². The van der Waals surface area contributed by atoms with Crippen molar-refractivity contribution in [3.63, 3.8) is 0 Å². The number of cyclic esters (lactones) is 1. The number of aliphatic hydroxyl groups is 1. The molecule has 0 spiro atoms. The SMILES string of the molecule is [B]CCC[Si](C)(C)CCc1c2c(nc3ccccc13)-c1cc3c(c(=O)n1C2)COC(=O)[C@]3(O)CC. The molecule has 0 unspecified atom stereocenters. The molecule has 2 aromatic heterocycles. The predicted octanol–water partition coefficient (Wildman–Crippen LogP) is 4.31. The van der Waals surface area contributed by atoms with Crippen LogP contribution in [0.5, 0.6) is 0 Å². The maximum Gasteiger partial charge on any atom is 0.343 e. The van der Waals surface area contributed by atoms with Gasteiger partial charge in [-0.2, -0.15) is 0 Å². The first-order valence-corrected chi connectivity index (χ1v) is 15.9. The van der Waals surface area contributed by atoms with E-state index in [9.17, 15) is 14.7 Å². The maximum absolute atomic E-state index is 13.6. The molecule has 6 nitrogen and oxygen atoms in total. The topological polar surface area (TPSA) is 81.4 Å². The van der Waals surface area contributed by atoms with Crippen LogP contribution in [-0.4, -0.2) is 36.5 Å². The van der Waals surface area contributed by atoms with Crippen molar-refractivity contribution in [2.75, 3.05) is 0 Å². The highest BCUT2D eigenvalue weighted by Gasteiger charge is 2.45. The molecule has 1 atom stereocenters. The number of hydrogen-bond acceptors (Lipinski definition) is 5. The third kappa shape index (κ3) is 3.87. The van der Waals surface area contributed by atoms with Crippen molar-refractivity contribution in [2.24, 2.45) is 0 Å². The molecule has 5 rings (SSSR count). The molecular formula is C27H31BN2O4Si. The summed E-state index contributed by atoms with van der Waals surface area (Å²) >= 11 is 0. The molecule has 2 aliphatic rings. The van der Waals surface area contributed by atoms with Gasteiger partial charge in [-0.05, 0) is 30.5 Å². The van der Waals surface area contributed by atoms with E-state index < -0.39 is 19.6 Å². The summed E-state index contributed by atoms with van der Waals surface area (Å²) < 4.78 is 6.93. The van der Waals surface area contributed by atoms with Gasteiger partial charge in [-0.15, -0.1) is 0 Å². The van der Waals surface area contributed by atoms with E-state index in [1.807, 2.05) is 18.2 Å². The largest absolute Gasteiger partial charge is 0.458 e. The van der Waals surface area contributed by atoms with Crippen molar-refractivity contribution in [3.05, 3.63) is 62.9 Å². The second-order valence-electron chi connectivity index (χ2n) is 10.6. The van der Waals surface area contributed by atoms with E-state index in [0.717, 1.165) is 47.4 Å². The summed E-state index contributed by atoms with van der Waals surface area (Å²) in [6.07, 6.45) is 2.84. The smallest absolute Gasteiger partial charge is 0.343 e. The van der Waals surface area contributed by atoms with E-state index in [1.54, 1.807) is 17.6 Å². The van der Waals surface area contributed by atoms with E-state index >= 15 is 0 Å². The zero-order valence-electron chi connectivity index (χ0n) is 20.7. The lowest BCUT2D eigenvalue weighted by Crippen LogP contribution is -2.44. The van der Waals surface area contributed by atoms with Crippen LogP contribution in [0.3, 0.4) is 0 Å². The first kappa shape index (κ1) is 24.0. The molecule has 0 fully saturated rings. The van der Waals surface area contributed by atoms with Crippen molar-refractivity contribution in [2.45, 2.75) is 76.4 Å². The molecule has 0 saturated carbocycles. The Hall–Kier alpha value is -2.71. The number of rotatable bonds is 7. The highest BCUT2D eigenvalue weighted by atomic mass is 28.3. The van der Waals surface area contributed by atoms with Crippen LogP contribution in [0.15, 0.2) is 35.1 Å². The van der Waals surface area contributed by atoms with Crippen molar-refractivity contribution in [1.82, 2.24) is 9.55 Å². The predicted molar refractivity (Wildman–Crippen MR) is 141 cm³/mol. The number of esters is 1. The summed E-state index contributed by atoms with van der Waals surface area (Å²) in [5.41, 5.74) is 3.32. The maximum atomic E-state index is 13.6. The Morgan fingerprint density at radius 2 is 1.97 bits per heavy atom. The number of carbonyl (C=O) groups is 1. The number of nitrogens with zero attached hydrogens (tertiary/aromatic N) is 2. The molecule has 0 bridgehead atoms. The molecule has 8 heteroatoms. The minimum Gasteiger partial charge on any atom is -0.458 e. The highest BCUT2D eigenvalue weighted by Crippen LogP contribution is 2.40. The molecule has 35 heavy (non-hydrogen) atoms. The van der Waals surface area contributed by atoms with Crippen LogP contribution in [0.1, 0.15) is 42.0 Å². The van der Waals surface area contributed by atoms with Crippen LogP contribution in [-0.2, 0) is 34.7 Å². The fourth-order valence-electron chi connectivity index (χ4n) is 5.57. The number of hydrogen-bond donors (Lipinski definition) is 1. The lowest BCUT2D eigenvalue weighted by atomic mass is 9.86. The average Bonchev–Trinajstić information content (AvgIpc) is 3.22. The van der Waals surface area contributed by atoms with Gasteiger partial charge in [-0.1, -0.05) is 63.0 Å². The first-order valence-electron chi connectivity index (χ1n) is 12.5. The molecule has 1 N–H and O–H groups in total. The molecule has 1 aromatic carbocycles. The molecular weight excluding hydrogens is 455 g/mol. The summed E-state index contributed by atoms with van der Waals surface area (Å²) in [5, 5.41) is 12.3. The number of pyridine rings is 2. The Kier molecular flexibility index (Phi) is 6.00. The second-order valence-corrected chi connectivity index (χ2v) is 15.9. The van der Waals surface area contributed by atoms with Crippen molar-refractivity contribution in [3.8, 4) is 11.4 Å². The number of carbonyl (C=O) groups excluding carboxylic acids is 1. The summed E-state index contributed by atoms with van der Waals surface area (Å²) in [4.78, 5) is 31.0. The number of benzene rings is 1. The highest BCUT2D eigenvalue weighted by molar-refractivity contribution is 6.77. The zero-order chi connectivity index (χ0) is 25.0. The van der Waals surface area contributed by atoms with Gasteiger partial charge >= 0.3 is 5.97 Å². The first-order chi connectivity index (χ1) is 16.7. The standard InChI is InChI=1S/C27H31BN2O4Si/c1-4-27(33)21-14-23-24-19(15-30(23)25(31)20(21)16-34-26(27)32)17(10-13-35(2,3)12-7-11-28)18-8-5-6-9-22(18)29-24/h5-6,8-9,14,33H,4,7,10-13,15-16H2,1-3H3/t27-/m0/s1. The van der Waals surface area contributed by atoms with E-state index in [-0.39, 0.29) is 18.6 Å². The Morgan fingerprint density at radius 3 is 2.71 bits per heavy atom. The Labute approximate surface area is 207 Å². The van der Waals surface area contributed by atoms with Gasteiger partial charge < -0.3 is 14.4 Å². The Balaban J connectivity index is 1.66. The van der Waals surface area contributed by atoms with Crippen molar-refractivity contribution >= 4 is 32.8 Å². The van der Waals surface area contributed by atoms with E-state index in [2.05, 4.69) is 19.2 Å². The van der Waals surface area contributed by atoms with Crippen molar-refractivity contribution < 1.29 is 14.6 Å². The third-order valence-corrected chi connectivity index (χ3v) is 11.1. The van der Waals surface area contributed by atoms with E-state index in [4.69, 9.17) is 17.6 Å². The van der Waals surface area contributed by atoms with Crippen LogP contribution in [0.4, 0.5) is 0 Å². The molecule has 2 aliphatic heterocycles. The summed E-state index contributed by atoms with van der Waals surface area (Å²) in [6, 6.07) is 12.3. The number of ether oxygens (including phenoxy) is 1. The Bertz CT molecular complexity index is 1400. The van der Waals surface area contributed by atoms with Crippen LogP contribution in [0, 0.1) is 0 Å². The quantitative estimate of drug-likeness (QED) is 0.311. The van der Waals surface area contributed by atoms with Gasteiger partial charge in [0.15, 0.2) is 5.60 Å². The van der Waals surface area contributed by atoms with Gasteiger partial charge in [0.2, 0.25) is 0 Å². The van der Waals surface area contributed by atoms with Crippen LogP contribution >= 0.6 is 0 Å². The second kappa shape index (κ2) is 8.75. The van der Waals surface area contributed by atoms with Gasteiger partial charge in [0, 0.05) is 24.6 Å². The van der Waals surface area contributed by atoms with Crippen LogP contribution < -0.4 is 5.56 Å². The summed E-state index contributed by atoms with van der Waals surface area (Å²) in [7, 11) is 4.35. The Morgan fingerprint density at radius 1 is 1.20 bits per heavy atom. The normalized spacial score (nSPS) is 18.8. The summed E-state index contributed by atoms with van der Waals surface area (Å²) in [6.45, 7) is 6.88. The molecule has 4 heterocycles. The average molecular weight is 486 g/mol. The fraction of sp³-hybridized carbons (Fsp3) is 0.444. The van der Waals surface area contributed by atoms with Gasteiger partial charge in [-0.3, -0.25) is 4.79 Å². The number of aryl methyl sites for hydroxylation is 1. The zero-order valence-corrected chi connectivity index (χ0v) is 21.7. The lowest BCUT2D eigenvalue weighted by molar-refractivity contribution is -0.172. The molecule has 3 aromatic rings. The van der Waals surface area contributed by atoms with Gasteiger partial charge in [-0.25, -0.2) is 9.78 Å². The molecule has 180 valence electrons. The third-order valence-electron chi connectivity index (χ3n) is 7.82. The minimum atomic E-state index is -1.82. The molecule has 0 amide bonds. The lowest BCUT2D eigenvalue weighted by Gasteiger charge is -2.31. The molecule has 0 aliphatic carbocycles. The fourth-order valence-corrected chi connectivity index (χ4v) is 7.91. The van der Waals surface area contributed by atoms with Crippen LogP contribution in [0.2, 0.25) is 31.5 Å². The minimum absolute atomic E-state index is 0.116. The molecule has 0 saturated heterocycles. The number of fused-ring (bicyclic) bond motifs is 5. The summed E-state index contributed by atoms with van der Waals surface area (Å²) in [5.74, 6) is -0.702. The van der Waals surface area contributed by atoms with Gasteiger partial charge in [0.05, 0.1) is 36.9 Å². The van der Waals surface area contributed by atoms with Gasteiger partial charge in [0.1, 0.15) is 6.61 Å². The van der Waals surface area contributed by atoms with E-state index in [1.165, 1.54) is 11.6 Å². The number of para-hydroxylation sites is 1. The molecule has 2 radical (unpaired) electrons. The van der Waals surface area contributed by atoms with Gasteiger partial charge in [0.25, 0.3) is 5.56 Å².